The van der Waals surface area contributed by atoms with Crippen molar-refractivity contribution in [3.8, 4) is 5.75 Å². The second-order valence-corrected chi connectivity index (χ2v) is 12.2. The van der Waals surface area contributed by atoms with E-state index in [-0.39, 0.29) is 34.2 Å². The van der Waals surface area contributed by atoms with Crippen LogP contribution in [0.15, 0.2) is 53.3 Å². The summed E-state index contributed by atoms with van der Waals surface area (Å²) in [5.74, 6) is -0.0381. The molecule has 0 radical (unpaired) electrons. The summed E-state index contributed by atoms with van der Waals surface area (Å²) < 4.78 is 1.76. The quantitative estimate of drug-likeness (QED) is 0.555. The van der Waals surface area contributed by atoms with Crippen molar-refractivity contribution < 1.29 is 15.0 Å². The van der Waals surface area contributed by atoms with Gasteiger partial charge in [0.15, 0.2) is 0 Å². The van der Waals surface area contributed by atoms with Gasteiger partial charge in [0.25, 0.3) is 11.5 Å². The molecule has 1 unspecified atom stereocenters. The van der Waals surface area contributed by atoms with Gasteiger partial charge in [-0.05, 0) is 66.4 Å². The van der Waals surface area contributed by atoms with Crippen LogP contribution < -0.4 is 5.56 Å². The maximum absolute atomic E-state index is 13.8. The molecule has 3 aromatic rings. The second-order valence-electron chi connectivity index (χ2n) is 12.2. The van der Waals surface area contributed by atoms with Crippen LogP contribution in [-0.2, 0) is 43.3 Å². The molecular weight excluding hydrogens is 478 g/mol. The molecule has 2 aromatic carbocycles. The maximum Gasteiger partial charge on any atom is 0.263 e. The molecule has 5 aliphatic rings. The van der Waals surface area contributed by atoms with Crippen LogP contribution in [0.2, 0.25) is 0 Å². The number of amides is 1. The standard InChI is InChI=1S/C31H31N3O4/c1-3-34-25-13-30-16-29(23-9-8-21(35)11-24(23)30)17-32(2)28(29)31(30,38)12-20(25)10-22(27(34)37)26(36)33-14-18-6-4-5-7-19(18)15-33/h4-11,28,35,38H,3,12-17H2,1-2H3/t28-,29?,30+,31-/m1/s1. The molecule has 1 saturated carbocycles. The van der Waals surface area contributed by atoms with Gasteiger partial charge in [-0.1, -0.05) is 30.3 Å². The Morgan fingerprint density at radius 2 is 1.76 bits per heavy atom. The van der Waals surface area contributed by atoms with Gasteiger partial charge in [0, 0.05) is 55.5 Å². The molecule has 1 aromatic heterocycles. The lowest BCUT2D eigenvalue weighted by molar-refractivity contribution is -0.126. The average molecular weight is 510 g/mol. The normalized spacial score (nSPS) is 31.8. The highest BCUT2D eigenvalue weighted by molar-refractivity contribution is 5.94. The molecule has 2 bridgehead atoms. The van der Waals surface area contributed by atoms with Crippen LogP contribution in [0.25, 0.3) is 0 Å². The summed E-state index contributed by atoms with van der Waals surface area (Å²) in [6.45, 7) is 4.27. The summed E-state index contributed by atoms with van der Waals surface area (Å²) in [5, 5.41) is 23.1. The largest absolute Gasteiger partial charge is 0.508 e. The Labute approximate surface area is 220 Å². The second kappa shape index (κ2) is 6.96. The zero-order valence-corrected chi connectivity index (χ0v) is 21.7. The first-order chi connectivity index (χ1) is 18.2. The van der Waals surface area contributed by atoms with E-state index in [0.717, 1.165) is 40.9 Å². The Kier molecular flexibility index (Phi) is 4.13. The van der Waals surface area contributed by atoms with E-state index in [0.29, 0.717) is 32.5 Å². The van der Waals surface area contributed by atoms with Crippen molar-refractivity contribution in [1.82, 2.24) is 14.4 Å². The minimum absolute atomic E-state index is 0.0329. The number of likely N-dealkylation sites (tertiary alicyclic amines) is 1. The molecule has 2 fully saturated rings. The highest BCUT2D eigenvalue weighted by atomic mass is 16.3. The molecular formula is C31H31N3O4. The molecule has 2 spiro atoms. The van der Waals surface area contributed by atoms with Crippen LogP contribution in [0, 0.1) is 0 Å². The van der Waals surface area contributed by atoms with Gasteiger partial charge in [-0.2, -0.15) is 0 Å². The first-order valence-electron chi connectivity index (χ1n) is 13.6. The van der Waals surface area contributed by atoms with Gasteiger partial charge in [0.1, 0.15) is 11.3 Å². The van der Waals surface area contributed by atoms with Crippen molar-refractivity contribution in [2.45, 2.75) is 68.3 Å². The van der Waals surface area contributed by atoms with Gasteiger partial charge < -0.3 is 19.7 Å². The van der Waals surface area contributed by atoms with E-state index in [4.69, 9.17) is 0 Å². The Bertz CT molecular complexity index is 1620. The number of pyridine rings is 1. The minimum Gasteiger partial charge on any atom is -0.508 e. The number of phenols is 1. The zero-order valence-electron chi connectivity index (χ0n) is 21.7. The van der Waals surface area contributed by atoms with Crippen LogP contribution in [0.3, 0.4) is 0 Å². The topological polar surface area (TPSA) is 86.0 Å². The van der Waals surface area contributed by atoms with E-state index < -0.39 is 11.0 Å². The lowest BCUT2D eigenvalue weighted by Crippen LogP contribution is -2.74. The van der Waals surface area contributed by atoms with E-state index in [9.17, 15) is 19.8 Å². The molecule has 1 amide bonds. The first kappa shape index (κ1) is 22.6. The number of carbonyl (C=O) groups excluding carboxylic acids is 1. The fourth-order valence-corrected chi connectivity index (χ4v) is 9.29. The van der Waals surface area contributed by atoms with Crippen molar-refractivity contribution in [2.75, 3.05) is 13.6 Å². The molecule has 4 atom stereocenters. The van der Waals surface area contributed by atoms with E-state index in [1.54, 1.807) is 21.6 Å². The third-order valence-electron chi connectivity index (χ3n) is 10.5. The summed E-state index contributed by atoms with van der Waals surface area (Å²) in [6, 6.07) is 15.4. The molecule has 38 heavy (non-hydrogen) atoms. The monoisotopic (exact) mass is 509 g/mol. The summed E-state index contributed by atoms with van der Waals surface area (Å²) in [6.07, 6.45) is 1.72. The van der Waals surface area contributed by atoms with Crippen LogP contribution >= 0.6 is 0 Å². The van der Waals surface area contributed by atoms with Crippen LogP contribution in [0.5, 0.6) is 5.75 Å². The summed E-state index contributed by atoms with van der Waals surface area (Å²) >= 11 is 0. The molecule has 3 aliphatic carbocycles. The predicted molar refractivity (Wildman–Crippen MR) is 141 cm³/mol. The van der Waals surface area contributed by atoms with E-state index >= 15 is 0 Å². The van der Waals surface area contributed by atoms with Gasteiger partial charge in [-0.3, -0.25) is 14.5 Å². The van der Waals surface area contributed by atoms with Gasteiger partial charge in [0.2, 0.25) is 0 Å². The molecule has 1 saturated heterocycles. The maximum atomic E-state index is 13.8. The number of phenolic OH excluding ortho intramolecular Hbond substituents is 1. The predicted octanol–water partition coefficient (Wildman–Crippen LogP) is 2.47. The van der Waals surface area contributed by atoms with Crippen molar-refractivity contribution in [3.05, 3.63) is 98.0 Å². The Hall–Kier alpha value is -3.42. The molecule has 194 valence electrons. The Morgan fingerprint density at radius 3 is 2.45 bits per heavy atom. The SMILES string of the molecule is CCn1c2c(cc(C(=O)N3Cc4ccccc4C3)c1=O)C[C@@]1(O)[C@@H]3N(C)CC34C[C@@]1(C2)c1cc(O)ccc14. The van der Waals surface area contributed by atoms with E-state index in [1.165, 1.54) is 5.56 Å². The molecule has 2 N–H and O–H groups in total. The molecule has 7 nitrogen and oxygen atoms in total. The van der Waals surface area contributed by atoms with Crippen molar-refractivity contribution in [3.63, 3.8) is 0 Å². The number of rotatable bonds is 2. The highest BCUT2D eigenvalue weighted by Gasteiger charge is 2.80. The fourth-order valence-electron chi connectivity index (χ4n) is 9.29. The van der Waals surface area contributed by atoms with Crippen molar-refractivity contribution in [1.29, 1.82) is 0 Å². The van der Waals surface area contributed by atoms with E-state index in [2.05, 4.69) is 11.9 Å². The van der Waals surface area contributed by atoms with Gasteiger partial charge in [-0.25, -0.2) is 0 Å². The number of aliphatic hydroxyl groups is 1. The fraction of sp³-hybridized carbons (Fsp3) is 0.419. The first-order valence-corrected chi connectivity index (χ1v) is 13.6. The molecule has 3 heterocycles. The number of hydrogen-bond acceptors (Lipinski definition) is 5. The molecule has 7 heteroatoms. The van der Waals surface area contributed by atoms with Gasteiger partial charge in [0.05, 0.1) is 11.6 Å². The van der Waals surface area contributed by atoms with Crippen molar-refractivity contribution >= 4 is 5.91 Å². The lowest BCUT2D eigenvalue weighted by atomic mass is 9.55. The lowest BCUT2D eigenvalue weighted by Gasteiger charge is -2.61. The van der Waals surface area contributed by atoms with Crippen LogP contribution in [0.4, 0.5) is 0 Å². The number of benzene rings is 2. The third-order valence-corrected chi connectivity index (χ3v) is 10.5. The van der Waals surface area contributed by atoms with E-state index in [1.807, 2.05) is 43.3 Å². The number of likely N-dealkylation sites (N-methyl/N-ethyl adjacent to an activating group) is 1. The highest BCUT2D eigenvalue weighted by Crippen LogP contribution is 2.72. The number of aromatic hydroxyl groups is 1. The number of aromatic nitrogens is 1. The Morgan fingerprint density at radius 1 is 1.03 bits per heavy atom. The van der Waals surface area contributed by atoms with Crippen molar-refractivity contribution in [2.24, 2.45) is 0 Å². The number of hydrogen-bond donors (Lipinski definition) is 2. The summed E-state index contributed by atoms with van der Waals surface area (Å²) in [7, 11) is 2.07. The Balaban J connectivity index is 1.27. The number of carbonyl (C=O) groups is 1. The third kappa shape index (κ3) is 2.39. The number of nitrogens with zero attached hydrogens (tertiary/aromatic N) is 3. The smallest absolute Gasteiger partial charge is 0.263 e. The van der Waals surface area contributed by atoms with Crippen LogP contribution in [0.1, 0.15) is 57.2 Å². The van der Waals surface area contributed by atoms with Gasteiger partial charge >= 0.3 is 0 Å². The van der Waals surface area contributed by atoms with Gasteiger partial charge in [-0.15, -0.1) is 0 Å². The zero-order chi connectivity index (χ0) is 26.2. The molecule has 8 rings (SSSR count). The molecule has 2 aliphatic heterocycles. The summed E-state index contributed by atoms with van der Waals surface area (Å²) in [5.41, 5.74) is 4.47. The number of fused-ring (bicyclic) bond motifs is 4. The average Bonchev–Trinajstić information content (AvgIpc) is 3.48. The summed E-state index contributed by atoms with van der Waals surface area (Å²) in [4.78, 5) is 31.5. The van der Waals surface area contributed by atoms with Crippen LogP contribution in [-0.4, -0.2) is 55.7 Å². The minimum atomic E-state index is -1.05.